The van der Waals surface area contributed by atoms with Crippen molar-refractivity contribution in [2.45, 2.75) is 32.9 Å². The van der Waals surface area contributed by atoms with Crippen LogP contribution in [0.2, 0.25) is 0 Å². The molecule has 0 radical (unpaired) electrons. The highest BCUT2D eigenvalue weighted by molar-refractivity contribution is 9.10. The number of fused-ring (bicyclic) bond motifs is 1. The van der Waals surface area contributed by atoms with Gasteiger partial charge in [-0.05, 0) is 41.3 Å². The molecule has 2 atom stereocenters. The zero-order valence-electron chi connectivity index (χ0n) is 18.7. The average molecular weight is 509 g/mol. The molecule has 1 fully saturated rings. The Kier molecular flexibility index (Phi) is 5.28. The molecule has 4 aromatic rings. The topological polar surface area (TPSA) is 82.2 Å². The molecule has 1 aliphatic carbocycles. The predicted octanol–water partition coefficient (Wildman–Crippen LogP) is 4.98. The number of carbonyl (C=O) groups is 1. The molecule has 0 amide bonds. The summed E-state index contributed by atoms with van der Waals surface area (Å²) in [6.07, 6.45) is 1.89. The van der Waals surface area contributed by atoms with Crippen molar-refractivity contribution in [3.63, 3.8) is 0 Å². The fraction of sp³-hybridized carbons (Fsp3) is 0.320. The van der Waals surface area contributed by atoms with Crippen molar-refractivity contribution in [2.75, 3.05) is 0 Å². The molecule has 0 unspecified atom stereocenters. The van der Waals surface area contributed by atoms with Gasteiger partial charge in [0.25, 0.3) is 0 Å². The molecule has 2 aromatic heterocycles. The molecule has 7 nitrogen and oxygen atoms in total. The van der Waals surface area contributed by atoms with E-state index in [0.29, 0.717) is 13.2 Å². The van der Waals surface area contributed by atoms with Gasteiger partial charge in [0.05, 0.1) is 22.6 Å². The van der Waals surface area contributed by atoms with Gasteiger partial charge >= 0.3 is 5.97 Å². The van der Waals surface area contributed by atoms with Gasteiger partial charge in [0.1, 0.15) is 18.2 Å². The van der Waals surface area contributed by atoms with E-state index < -0.39 is 11.9 Å². The van der Waals surface area contributed by atoms with Crippen LogP contribution in [-0.2, 0) is 25.0 Å². The molecule has 5 rings (SSSR count). The monoisotopic (exact) mass is 508 g/mol. The number of aromatic nitrogens is 4. The second kappa shape index (κ2) is 8.02. The summed E-state index contributed by atoms with van der Waals surface area (Å²) in [5, 5.41) is 14.1. The van der Waals surface area contributed by atoms with Gasteiger partial charge in [-0.15, -0.1) is 0 Å². The number of aliphatic carboxylic acids is 1. The number of aryl methyl sites for hydroxylation is 1. The summed E-state index contributed by atoms with van der Waals surface area (Å²) in [7, 11) is 1.88. The van der Waals surface area contributed by atoms with Gasteiger partial charge in [0, 0.05) is 36.2 Å². The van der Waals surface area contributed by atoms with E-state index >= 15 is 0 Å². The van der Waals surface area contributed by atoms with Crippen molar-refractivity contribution in [1.29, 1.82) is 0 Å². The summed E-state index contributed by atoms with van der Waals surface area (Å²) in [6, 6.07) is 15.9. The first-order chi connectivity index (χ1) is 15.7. The van der Waals surface area contributed by atoms with Crippen LogP contribution in [0.1, 0.15) is 36.8 Å². The van der Waals surface area contributed by atoms with Gasteiger partial charge in [-0.2, -0.15) is 5.10 Å². The van der Waals surface area contributed by atoms with Crippen molar-refractivity contribution in [3.8, 4) is 5.75 Å². The third kappa shape index (κ3) is 4.04. The maximum atomic E-state index is 11.9. The van der Waals surface area contributed by atoms with Crippen LogP contribution in [0.3, 0.4) is 0 Å². The lowest BCUT2D eigenvalue weighted by atomic mass is 10.1. The average Bonchev–Trinajstić information content (AvgIpc) is 3.03. The van der Waals surface area contributed by atoms with E-state index in [1.54, 1.807) is 4.68 Å². The summed E-state index contributed by atoms with van der Waals surface area (Å²) in [5.41, 5.74) is 3.38. The maximum Gasteiger partial charge on any atom is 0.307 e. The Labute approximate surface area is 200 Å². The van der Waals surface area contributed by atoms with Gasteiger partial charge in [0.15, 0.2) is 0 Å². The highest BCUT2D eigenvalue weighted by Crippen LogP contribution is 2.64. The minimum Gasteiger partial charge on any atom is -0.487 e. The highest BCUT2D eigenvalue weighted by atomic mass is 79.9. The lowest BCUT2D eigenvalue weighted by Crippen LogP contribution is -2.07. The summed E-state index contributed by atoms with van der Waals surface area (Å²) < 4.78 is 10.9. The summed E-state index contributed by atoms with van der Waals surface area (Å²) >= 11 is 3.49. The van der Waals surface area contributed by atoms with Crippen molar-refractivity contribution in [2.24, 2.45) is 18.4 Å². The number of imidazole rings is 1. The second-order valence-electron chi connectivity index (χ2n) is 9.22. The Bertz CT molecular complexity index is 1340. The first-order valence-electron chi connectivity index (χ1n) is 10.8. The third-order valence-corrected chi connectivity index (χ3v) is 7.06. The van der Waals surface area contributed by atoms with Gasteiger partial charge in [0.2, 0.25) is 0 Å². The van der Waals surface area contributed by atoms with Crippen LogP contribution < -0.4 is 4.74 Å². The number of carboxylic acids is 1. The Morgan fingerprint density at radius 3 is 2.58 bits per heavy atom. The van der Waals surface area contributed by atoms with Crippen molar-refractivity contribution in [3.05, 3.63) is 76.3 Å². The number of rotatable bonds is 7. The van der Waals surface area contributed by atoms with Crippen LogP contribution in [0.4, 0.5) is 0 Å². The lowest BCUT2D eigenvalue weighted by Gasteiger charge is -2.11. The molecule has 2 heterocycles. The molecular formula is C25H25BrN4O3. The number of hydrogen-bond acceptors (Lipinski definition) is 4. The van der Waals surface area contributed by atoms with Crippen molar-refractivity contribution >= 4 is 32.9 Å². The first-order valence-corrected chi connectivity index (χ1v) is 11.6. The molecule has 0 spiro atoms. The molecule has 0 bridgehead atoms. The Morgan fingerprint density at radius 2 is 1.94 bits per heavy atom. The molecule has 8 heteroatoms. The molecular weight excluding hydrogens is 484 g/mol. The quantitative estimate of drug-likeness (QED) is 0.380. The molecule has 2 aromatic carbocycles. The Hall–Kier alpha value is -3.13. The van der Waals surface area contributed by atoms with E-state index in [9.17, 15) is 9.90 Å². The fourth-order valence-electron chi connectivity index (χ4n) is 4.66. The summed E-state index contributed by atoms with van der Waals surface area (Å²) in [6.45, 7) is 4.97. The summed E-state index contributed by atoms with van der Waals surface area (Å²) in [5.74, 6) is 0.175. The van der Waals surface area contributed by atoms with Crippen LogP contribution in [0.5, 0.6) is 5.75 Å². The van der Waals surface area contributed by atoms with E-state index in [-0.39, 0.29) is 11.3 Å². The number of nitrogens with zero attached hydrogens (tertiary/aromatic N) is 4. The summed E-state index contributed by atoms with van der Waals surface area (Å²) in [4.78, 5) is 16.8. The number of benzene rings is 2. The van der Waals surface area contributed by atoms with Gasteiger partial charge in [-0.25, -0.2) is 4.98 Å². The highest BCUT2D eigenvalue weighted by Gasteiger charge is 2.64. The van der Waals surface area contributed by atoms with E-state index in [4.69, 9.17) is 9.72 Å². The predicted molar refractivity (Wildman–Crippen MR) is 128 cm³/mol. The third-order valence-electron chi connectivity index (χ3n) is 6.53. The van der Waals surface area contributed by atoms with Gasteiger partial charge in [-0.3, -0.25) is 9.48 Å². The van der Waals surface area contributed by atoms with Crippen LogP contribution in [0.25, 0.3) is 11.0 Å². The van der Waals surface area contributed by atoms with E-state index in [2.05, 4.69) is 37.7 Å². The van der Waals surface area contributed by atoms with E-state index in [1.165, 1.54) is 0 Å². The minimum atomic E-state index is -0.772. The van der Waals surface area contributed by atoms with Crippen LogP contribution >= 0.6 is 15.9 Å². The van der Waals surface area contributed by atoms with Crippen molar-refractivity contribution < 1.29 is 14.6 Å². The molecule has 1 aliphatic rings. The first kappa shape index (κ1) is 21.7. The largest absolute Gasteiger partial charge is 0.487 e. The second-order valence-corrected chi connectivity index (χ2v) is 10.1. The number of ether oxygens (including phenoxy) is 1. The zero-order chi connectivity index (χ0) is 23.3. The SMILES string of the molecule is Cn1ccc(COc2ccc3nc([C@H]4[C@@H](C(=O)O)C4(C)C)n(Cc4ccc(Br)cc4)c3c2)n1. The number of carboxylic acid groups (broad SMARTS) is 1. The number of halogens is 1. The van der Waals surface area contributed by atoms with Crippen molar-refractivity contribution in [1.82, 2.24) is 19.3 Å². The molecule has 33 heavy (non-hydrogen) atoms. The standard InChI is InChI=1S/C25H25BrN4O3/c1-25(2)21(22(25)24(31)32)23-27-19-9-8-18(33-14-17-10-11-29(3)28-17)12-20(19)30(23)13-15-4-6-16(26)7-5-15/h4-12,21-22H,13-14H2,1-3H3,(H,31,32)/t21-,22+/m1/s1. The van der Waals surface area contributed by atoms with Crippen LogP contribution in [-0.4, -0.2) is 30.4 Å². The van der Waals surface area contributed by atoms with Gasteiger partial charge in [-0.1, -0.05) is 41.9 Å². The number of hydrogen-bond donors (Lipinski definition) is 1. The molecule has 170 valence electrons. The maximum absolute atomic E-state index is 11.9. The fourth-order valence-corrected chi connectivity index (χ4v) is 4.93. The van der Waals surface area contributed by atoms with Crippen LogP contribution in [0, 0.1) is 11.3 Å². The Morgan fingerprint density at radius 1 is 1.18 bits per heavy atom. The van der Waals surface area contributed by atoms with Gasteiger partial charge < -0.3 is 14.4 Å². The van der Waals surface area contributed by atoms with E-state index in [1.807, 2.05) is 63.5 Å². The zero-order valence-corrected chi connectivity index (χ0v) is 20.3. The van der Waals surface area contributed by atoms with E-state index in [0.717, 1.165) is 38.3 Å². The molecule has 0 aliphatic heterocycles. The molecule has 1 N–H and O–H groups in total. The molecule has 0 saturated heterocycles. The smallest absolute Gasteiger partial charge is 0.307 e. The Balaban J connectivity index is 1.54. The normalized spacial score (nSPS) is 19.0. The van der Waals surface area contributed by atoms with Crippen LogP contribution in [0.15, 0.2) is 59.2 Å². The lowest BCUT2D eigenvalue weighted by molar-refractivity contribution is -0.139. The minimum absolute atomic E-state index is 0.143. The molecule has 1 saturated carbocycles.